The molecule has 0 aliphatic carbocycles. The van der Waals surface area contributed by atoms with Crippen molar-refractivity contribution in [2.75, 3.05) is 6.61 Å². The second-order valence-electron chi connectivity index (χ2n) is 4.05. The van der Waals surface area contributed by atoms with E-state index in [1.54, 1.807) is 13.0 Å². The molecule has 0 aliphatic rings. The second kappa shape index (κ2) is 6.44. The van der Waals surface area contributed by atoms with Crippen molar-refractivity contribution in [2.24, 2.45) is 0 Å². The lowest BCUT2D eigenvalue weighted by atomic mass is 9.82. The third-order valence-corrected chi connectivity index (χ3v) is 2.74. The van der Waals surface area contributed by atoms with Crippen LogP contribution in [0.4, 0.5) is 13.2 Å². The van der Waals surface area contributed by atoms with E-state index in [1.165, 1.54) is 30.3 Å². The molecule has 1 N–H and O–H groups in total. The third-order valence-electron chi connectivity index (χ3n) is 2.74. The van der Waals surface area contributed by atoms with Crippen molar-refractivity contribution in [3.8, 4) is 6.07 Å². The molecule has 0 heterocycles. The zero-order chi connectivity index (χ0) is 15.2. The fraction of sp³-hybridized carbons (Fsp3) is 0.357. The first-order chi connectivity index (χ1) is 9.36. The number of aliphatic hydroxyl groups is 1. The Labute approximate surface area is 114 Å². The summed E-state index contributed by atoms with van der Waals surface area (Å²) in [7, 11) is 0. The number of hydrogen-bond acceptors (Lipinski definition) is 3. The van der Waals surface area contributed by atoms with Gasteiger partial charge in [-0.25, -0.2) is 0 Å². The summed E-state index contributed by atoms with van der Waals surface area (Å²) in [6.45, 7) is 1.75. The van der Waals surface area contributed by atoms with Gasteiger partial charge in [0.1, 0.15) is 5.92 Å². The zero-order valence-corrected chi connectivity index (χ0v) is 10.8. The van der Waals surface area contributed by atoms with Gasteiger partial charge >= 0.3 is 6.18 Å². The van der Waals surface area contributed by atoms with E-state index in [0.29, 0.717) is 6.08 Å². The molecule has 1 aromatic rings. The SMILES string of the molecule is CCOC=CC(O)(C(C#N)c1ccccc1)C(F)(F)F. The molecule has 108 valence electrons. The minimum atomic E-state index is -5.00. The van der Waals surface area contributed by atoms with E-state index in [1.807, 2.05) is 0 Å². The van der Waals surface area contributed by atoms with Crippen molar-refractivity contribution in [1.82, 2.24) is 0 Å². The van der Waals surface area contributed by atoms with Gasteiger partial charge in [-0.1, -0.05) is 30.3 Å². The Kier molecular flexibility index (Phi) is 5.17. The molecule has 0 spiro atoms. The maximum Gasteiger partial charge on any atom is 0.422 e. The van der Waals surface area contributed by atoms with Crippen molar-refractivity contribution < 1.29 is 23.0 Å². The van der Waals surface area contributed by atoms with Crippen LogP contribution in [-0.2, 0) is 4.74 Å². The number of hydrogen-bond donors (Lipinski definition) is 1. The highest BCUT2D eigenvalue weighted by atomic mass is 19.4. The van der Waals surface area contributed by atoms with E-state index in [0.717, 1.165) is 6.26 Å². The van der Waals surface area contributed by atoms with Gasteiger partial charge in [0.25, 0.3) is 0 Å². The first-order valence-electron chi connectivity index (χ1n) is 5.89. The average Bonchev–Trinajstić information content (AvgIpc) is 2.40. The molecule has 1 rings (SSSR count). The molecule has 2 unspecified atom stereocenters. The Bertz CT molecular complexity index is 493. The van der Waals surface area contributed by atoms with E-state index < -0.39 is 17.7 Å². The van der Waals surface area contributed by atoms with Crippen LogP contribution in [0.2, 0.25) is 0 Å². The predicted molar refractivity (Wildman–Crippen MR) is 66.6 cm³/mol. The van der Waals surface area contributed by atoms with Gasteiger partial charge in [-0.2, -0.15) is 18.4 Å². The molecule has 3 nitrogen and oxygen atoms in total. The molecule has 0 aromatic heterocycles. The summed E-state index contributed by atoms with van der Waals surface area (Å²) < 4.78 is 44.1. The lowest BCUT2D eigenvalue weighted by Crippen LogP contribution is -2.48. The van der Waals surface area contributed by atoms with Gasteiger partial charge in [0.15, 0.2) is 0 Å². The highest BCUT2D eigenvalue weighted by Gasteiger charge is 2.58. The Balaban J connectivity index is 3.26. The fourth-order valence-electron chi connectivity index (χ4n) is 1.67. The van der Waals surface area contributed by atoms with Crippen LogP contribution in [0.3, 0.4) is 0 Å². The van der Waals surface area contributed by atoms with Crippen molar-refractivity contribution in [3.63, 3.8) is 0 Å². The molecule has 0 aliphatic heterocycles. The van der Waals surface area contributed by atoms with Crippen LogP contribution < -0.4 is 0 Å². The van der Waals surface area contributed by atoms with Crippen LogP contribution in [0.25, 0.3) is 0 Å². The molecule has 2 atom stereocenters. The van der Waals surface area contributed by atoms with E-state index in [4.69, 9.17) is 10.00 Å². The Hall–Kier alpha value is -2.00. The lowest BCUT2D eigenvalue weighted by molar-refractivity contribution is -0.243. The Morgan fingerprint density at radius 1 is 1.35 bits per heavy atom. The molecule has 20 heavy (non-hydrogen) atoms. The summed E-state index contributed by atoms with van der Waals surface area (Å²) in [5, 5.41) is 19.0. The molecule has 0 bridgehead atoms. The van der Waals surface area contributed by atoms with Gasteiger partial charge in [-0.15, -0.1) is 0 Å². The Morgan fingerprint density at radius 2 is 1.95 bits per heavy atom. The van der Waals surface area contributed by atoms with E-state index in [2.05, 4.69) is 0 Å². The van der Waals surface area contributed by atoms with E-state index >= 15 is 0 Å². The van der Waals surface area contributed by atoms with Crippen LogP contribution in [0.1, 0.15) is 18.4 Å². The van der Waals surface area contributed by atoms with Gasteiger partial charge in [-0.05, 0) is 18.6 Å². The third kappa shape index (κ3) is 3.31. The quantitative estimate of drug-likeness (QED) is 0.846. The minimum Gasteiger partial charge on any atom is -0.502 e. The highest BCUT2D eigenvalue weighted by molar-refractivity contribution is 5.33. The second-order valence-corrected chi connectivity index (χ2v) is 4.05. The van der Waals surface area contributed by atoms with Crippen LogP contribution in [0, 0.1) is 11.3 Å². The largest absolute Gasteiger partial charge is 0.502 e. The predicted octanol–water partition coefficient (Wildman–Crippen LogP) is 3.14. The number of ether oxygens (including phenoxy) is 1. The topological polar surface area (TPSA) is 53.2 Å². The molecule has 0 amide bonds. The van der Waals surface area contributed by atoms with Gasteiger partial charge in [0, 0.05) is 0 Å². The number of benzene rings is 1. The van der Waals surface area contributed by atoms with Gasteiger partial charge in [-0.3, -0.25) is 0 Å². The maximum atomic E-state index is 13.1. The van der Waals surface area contributed by atoms with E-state index in [9.17, 15) is 18.3 Å². The first-order valence-corrected chi connectivity index (χ1v) is 5.89. The van der Waals surface area contributed by atoms with Crippen molar-refractivity contribution in [1.29, 1.82) is 5.26 Å². The number of nitrogens with zero attached hydrogens (tertiary/aromatic N) is 1. The van der Waals surface area contributed by atoms with E-state index in [-0.39, 0.29) is 12.2 Å². The Morgan fingerprint density at radius 3 is 2.40 bits per heavy atom. The molecule has 0 fully saturated rings. The number of nitriles is 1. The minimum absolute atomic E-state index is 0.0796. The summed E-state index contributed by atoms with van der Waals surface area (Å²) >= 11 is 0. The van der Waals surface area contributed by atoms with Crippen LogP contribution >= 0.6 is 0 Å². The molecular weight excluding hydrogens is 271 g/mol. The molecular formula is C14H14F3NO2. The van der Waals surface area contributed by atoms with Crippen molar-refractivity contribution >= 4 is 0 Å². The van der Waals surface area contributed by atoms with Crippen molar-refractivity contribution in [3.05, 3.63) is 48.2 Å². The molecule has 6 heteroatoms. The highest BCUT2D eigenvalue weighted by Crippen LogP contribution is 2.42. The molecule has 0 radical (unpaired) electrons. The van der Waals surface area contributed by atoms with Crippen LogP contribution in [-0.4, -0.2) is 23.5 Å². The molecule has 0 saturated carbocycles. The maximum absolute atomic E-state index is 13.1. The fourth-order valence-corrected chi connectivity index (χ4v) is 1.67. The normalized spacial score (nSPS) is 16.4. The number of rotatable bonds is 5. The molecule has 1 aromatic carbocycles. The lowest BCUT2D eigenvalue weighted by Gasteiger charge is -2.31. The number of halogens is 3. The van der Waals surface area contributed by atoms with Gasteiger partial charge in [0.2, 0.25) is 5.60 Å². The molecule has 0 saturated heterocycles. The summed E-state index contributed by atoms with van der Waals surface area (Å²) in [6, 6.07) is 8.85. The van der Waals surface area contributed by atoms with Crippen molar-refractivity contribution in [2.45, 2.75) is 24.6 Å². The number of alkyl halides is 3. The smallest absolute Gasteiger partial charge is 0.422 e. The summed E-state index contributed by atoms with van der Waals surface area (Å²) in [5.41, 5.74) is -3.23. The monoisotopic (exact) mass is 285 g/mol. The van der Waals surface area contributed by atoms with Gasteiger partial charge < -0.3 is 9.84 Å². The van der Waals surface area contributed by atoms with Gasteiger partial charge in [0.05, 0.1) is 18.9 Å². The zero-order valence-electron chi connectivity index (χ0n) is 10.8. The summed E-state index contributed by atoms with van der Waals surface area (Å²) in [4.78, 5) is 0. The summed E-state index contributed by atoms with van der Waals surface area (Å²) in [5.74, 6) is -1.78. The standard InChI is InChI=1S/C14H14F3NO2/c1-2-20-9-8-13(19,14(15,16)17)12(10-18)11-6-4-3-5-7-11/h3-9,12,19H,2H2,1H3. The van der Waals surface area contributed by atoms with Crippen LogP contribution in [0.5, 0.6) is 0 Å². The average molecular weight is 285 g/mol. The first kappa shape index (κ1) is 16.1. The summed E-state index contributed by atoms with van der Waals surface area (Å²) in [6.07, 6.45) is -3.77. The van der Waals surface area contributed by atoms with Crippen LogP contribution in [0.15, 0.2) is 42.7 Å².